The quantitative estimate of drug-likeness (QED) is 0.786. The molecule has 2 aromatic carbocycles. The molecule has 3 aromatic rings. The van der Waals surface area contributed by atoms with E-state index in [1.54, 1.807) is 24.3 Å². The summed E-state index contributed by atoms with van der Waals surface area (Å²) in [6, 6.07) is 17.4. The van der Waals surface area contributed by atoms with E-state index in [4.69, 9.17) is 4.52 Å². The minimum Gasteiger partial charge on any atom is -0.356 e. The topological polar surface area (TPSA) is 55.1 Å². The molecule has 0 saturated heterocycles. The Labute approximate surface area is 132 Å². The molecule has 4 nitrogen and oxygen atoms in total. The van der Waals surface area contributed by atoms with Gasteiger partial charge in [-0.25, -0.2) is 4.39 Å². The van der Waals surface area contributed by atoms with E-state index in [9.17, 15) is 9.18 Å². The van der Waals surface area contributed by atoms with E-state index in [-0.39, 0.29) is 18.3 Å². The SMILES string of the molecule is O=C(Cc1ccccc1)NCc1cc(-c2ccccc2F)on1. The minimum absolute atomic E-state index is 0.105. The number of hydrogen-bond donors (Lipinski definition) is 1. The number of aromatic nitrogens is 1. The molecule has 5 heteroatoms. The van der Waals surface area contributed by atoms with Gasteiger partial charge in [0.05, 0.1) is 18.5 Å². The highest BCUT2D eigenvalue weighted by Crippen LogP contribution is 2.23. The zero-order valence-corrected chi connectivity index (χ0v) is 12.3. The van der Waals surface area contributed by atoms with Gasteiger partial charge in [-0.3, -0.25) is 4.79 Å². The van der Waals surface area contributed by atoms with Gasteiger partial charge in [0.15, 0.2) is 5.76 Å². The van der Waals surface area contributed by atoms with Gasteiger partial charge in [0.25, 0.3) is 0 Å². The molecule has 0 spiro atoms. The predicted molar refractivity (Wildman–Crippen MR) is 83.9 cm³/mol. The van der Waals surface area contributed by atoms with Gasteiger partial charge in [-0.2, -0.15) is 0 Å². The van der Waals surface area contributed by atoms with E-state index in [0.717, 1.165) is 5.56 Å². The van der Waals surface area contributed by atoms with Gasteiger partial charge >= 0.3 is 0 Å². The molecule has 0 saturated carbocycles. The van der Waals surface area contributed by atoms with Crippen molar-refractivity contribution in [3.8, 4) is 11.3 Å². The van der Waals surface area contributed by atoms with Crippen LogP contribution in [0.25, 0.3) is 11.3 Å². The van der Waals surface area contributed by atoms with Crippen molar-refractivity contribution in [1.82, 2.24) is 10.5 Å². The van der Waals surface area contributed by atoms with Crippen LogP contribution in [-0.2, 0) is 17.8 Å². The van der Waals surface area contributed by atoms with Crippen LogP contribution in [0.3, 0.4) is 0 Å². The molecule has 0 aliphatic heterocycles. The average molecular weight is 310 g/mol. The third kappa shape index (κ3) is 3.83. The van der Waals surface area contributed by atoms with Gasteiger partial charge in [0.2, 0.25) is 5.91 Å². The lowest BCUT2D eigenvalue weighted by atomic mass is 10.1. The number of hydrogen-bond acceptors (Lipinski definition) is 3. The van der Waals surface area contributed by atoms with Crippen molar-refractivity contribution in [3.63, 3.8) is 0 Å². The molecular formula is C18H15FN2O2. The number of nitrogens with one attached hydrogen (secondary N) is 1. The van der Waals surface area contributed by atoms with E-state index < -0.39 is 0 Å². The van der Waals surface area contributed by atoms with E-state index >= 15 is 0 Å². The molecular weight excluding hydrogens is 295 g/mol. The van der Waals surface area contributed by atoms with Gasteiger partial charge < -0.3 is 9.84 Å². The van der Waals surface area contributed by atoms with Crippen LogP contribution in [0.5, 0.6) is 0 Å². The number of rotatable bonds is 5. The average Bonchev–Trinajstić information content (AvgIpc) is 3.03. The third-order valence-electron chi connectivity index (χ3n) is 3.37. The highest BCUT2D eigenvalue weighted by atomic mass is 19.1. The summed E-state index contributed by atoms with van der Waals surface area (Å²) in [5.74, 6) is -0.134. The molecule has 116 valence electrons. The van der Waals surface area contributed by atoms with Crippen molar-refractivity contribution in [3.05, 3.63) is 77.7 Å². The smallest absolute Gasteiger partial charge is 0.224 e. The Bertz CT molecular complexity index is 800. The lowest BCUT2D eigenvalue weighted by Crippen LogP contribution is -2.24. The molecule has 23 heavy (non-hydrogen) atoms. The van der Waals surface area contributed by atoms with Crippen LogP contribution in [0.15, 0.2) is 65.2 Å². The van der Waals surface area contributed by atoms with Crippen molar-refractivity contribution >= 4 is 5.91 Å². The van der Waals surface area contributed by atoms with Gasteiger partial charge in [-0.15, -0.1) is 0 Å². The summed E-state index contributed by atoms with van der Waals surface area (Å²) in [6.07, 6.45) is 0.304. The van der Waals surface area contributed by atoms with Crippen molar-refractivity contribution in [2.24, 2.45) is 0 Å². The fourth-order valence-corrected chi connectivity index (χ4v) is 2.22. The first-order valence-corrected chi connectivity index (χ1v) is 7.23. The molecule has 1 heterocycles. The minimum atomic E-state index is -0.372. The van der Waals surface area contributed by atoms with Crippen LogP contribution >= 0.6 is 0 Å². The van der Waals surface area contributed by atoms with Crippen molar-refractivity contribution in [1.29, 1.82) is 0 Å². The van der Waals surface area contributed by atoms with Gasteiger partial charge in [0, 0.05) is 6.07 Å². The fraction of sp³-hybridized carbons (Fsp3) is 0.111. The summed E-state index contributed by atoms with van der Waals surface area (Å²) in [6.45, 7) is 0.240. The Balaban J connectivity index is 1.59. The second-order valence-corrected chi connectivity index (χ2v) is 5.10. The molecule has 3 rings (SSSR count). The first-order chi connectivity index (χ1) is 11.2. The number of halogens is 1. The van der Waals surface area contributed by atoms with Crippen LogP contribution in [0.1, 0.15) is 11.3 Å². The summed E-state index contributed by atoms with van der Waals surface area (Å²) in [7, 11) is 0. The first kappa shape index (κ1) is 15.0. The molecule has 0 fully saturated rings. The summed E-state index contributed by atoms with van der Waals surface area (Å²) in [5, 5.41) is 6.63. The number of amides is 1. The maximum absolute atomic E-state index is 13.7. The Morgan fingerprint density at radius 3 is 2.61 bits per heavy atom. The number of nitrogens with zero attached hydrogens (tertiary/aromatic N) is 1. The predicted octanol–water partition coefficient (Wildman–Crippen LogP) is 3.34. The van der Waals surface area contributed by atoms with Gasteiger partial charge in [0.1, 0.15) is 11.5 Å². The first-order valence-electron chi connectivity index (χ1n) is 7.23. The highest BCUT2D eigenvalue weighted by Gasteiger charge is 2.11. The second kappa shape index (κ2) is 6.87. The molecule has 1 amide bonds. The molecule has 1 N–H and O–H groups in total. The summed E-state index contributed by atoms with van der Waals surface area (Å²) in [5.41, 5.74) is 1.84. The standard InChI is InChI=1S/C18H15FN2O2/c19-16-9-5-4-8-15(16)17-11-14(21-23-17)12-20-18(22)10-13-6-2-1-3-7-13/h1-9,11H,10,12H2,(H,20,22). The third-order valence-corrected chi connectivity index (χ3v) is 3.37. The Hall–Kier alpha value is -2.95. The van der Waals surface area contributed by atoms with E-state index in [0.29, 0.717) is 23.4 Å². The molecule has 0 radical (unpaired) electrons. The molecule has 0 atom stereocenters. The lowest BCUT2D eigenvalue weighted by molar-refractivity contribution is -0.120. The number of carbonyl (C=O) groups is 1. The Morgan fingerprint density at radius 2 is 1.83 bits per heavy atom. The van der Waals surface area contributed by atoms with E-state index in [1.807, 2.05) is 30.3 Å². The van der Waals surface area contributed by atoms with Crippen LogP contribution in [0, 0.1) is 5.82 Å². The summed E-state index contributed by atoms with van der Waals surface area (Å²) in [4.78, 5) is 11.9. The Morgan fingerprint density at radius 1 is 1.09 bits per heavy atom. The summed E-state index contributed by atoms with van der Waals surface area (Å²) >= 11 is 0. The highest BCUT2D eigenvalue weighted by molar-refractivity contribution is 5.78. The zero-order chi connectivity index (χ0) is 16.1. The van der Waals surface area contributed by atoms with Crippen LogP contribution < -0.4 is 5.32 Å². The molecule has 0 unspecified atom stereocenters. The molecule has 1 aromatic heterocycles. The van der Waals surface area contributed by atoms with Crippen molar-refractivity contribution < 1.29 is 13.7 Å². The van der Waals surface area contributed by atoms with Crippen LogP contribution in [0.4, 0.5) is 4.39 Å². The lowest BCUT2D eigenvalue weighted by Gasteiger charge is -2.02. The zero-order valence-electron chi connectivity index (χ0n) is 12.3. The normalized spacial score (nSPS) is 10.5. The van der Waals surface area contributed by atoms with Crippen molar-refractivity contribution in [2.75, 3.05) is 0 Å². The molecule has 0 aliphatic carbocycles. The molecule has 0 bridgehead atoms. The fourth-order valence-electron chi connectivity index (χ4n) is 2.22. The number of benzene rings is 2. The maximum Gasteiger partial charge on any atom is 0.224 e. The molecule has 0 aliphatic rings. The monoisotopic (exact) mass is 310 g/mol. The van der Waals surface area contributed by atoms with Crippen LogP contribution in [-0.4, -0.2) is 11.1 Å². The Kier molecular flexibility index (Phi) is 4.47. The maximum atomic E-state index is 13.7. The number of carbonyl (C=O) groups excluding carboxylic acids is 1. The van der Waals surface area contributed by atoms with E-state index in [2.05, 4.69) is 10.5 Å². The largest absolute Gasteiger partial charge is 0.356 e. The van der Waals surface area contributed by atoms with Gasteiger partial charge in [-0.1, -0.05) is 47.6 Å². The van der Waals surface area contributed by atoms with E-state index in [1.165, 1.54) is 6.07 Å². The van der Waals surface area contributed by atoms with Gasteiger partial charge in [-0.05, 0) is 17.7 Å². The van der Waals surface area contributed by atoms with Crippen LogP contribution in [0.2, 0.25) is 0 Å². The summed E-state index contributed by atoms with van der Waals surface area (Å²) < 4.78 is 18.8. The second-order valence-electron chi connectivity index (χ2n) is 5.10. The van der Waals surface area contributed by atoms with Crippen molar-refractivity contribution in [2.45, 2.75) is 13.0 Å².